The second-order valence-electron chi connectivity index (χ2n) is 5.36. The molecule has 2 aromatic carbocycles. The van der Waals surface area contributed by atoms with Gasteiger partial charge in [-0.3, -0.25) is 9.36 Å². The highest BCUT2D eigenvalue weighted by Gasteiger charge is 2.11. The van der Waals surface area contributed by atoms with E-state index in [-0.39, 0.29) is 26.2 Å². The standard InChI is InChI=1S/C18H15Cl2NO5/c19-12-4-3-5-13(20)17(12)25-11-10-24-16(22)8-9-21-14-6-1-2-7-15(14)26-18(21)23/h1-7H,8-11H2. The van der Waals surface area contributed by atoms with Crippen molar-refractivity contribution in [1.29, 1.82) is 0 Å². The van der Waals surface area contributed by atoms with Gasteiger partial charge < -0.3 is 13.9 Å². The number of hydrogen-bond acceptors (Lipinski definition) is 5. The highest BCUT2D eigenvalue weighted by atomic mass is 35.5. The van der Waals surface area contributed by atoms with Crippen LogP contribution in [0.5, 0.6) is 5.75 Å². The molecule has 3 rings (SSSR count). The van der Waals surface area contributed by atoms with Crippen LogP contribution in [0.2, 0.25) is 10.0 Å². The van der Waals surface area contributed by atoms with Crippen molar-refractivity contribution in [3.05, 3.63) is 63.1 Å². The van der Waals surface area contributed by atoms with Gasteiger partial charge in [-0.2, -0.15) is 0 Å². The summed E-state index contributed by atoms with van der Waals surface area (Å²) in [4.78, 5) is 23.7. The van der Waals surface area contributed by atoms with Gasteiger partial charge in [-0.25, -0.2) is 4.79 Å². The molecule has 0 aliphatic carbocycles. The van der Waals surface area contributed by atoms with Crippen LogP contribution in [-0.4, -0.2) is 23.8 Å². The number of carbonyl (C=O) groups is 1. The Balaban J connectivity index is 1.47. The number of carbonyl (C=O) groups excluding carboxylic acids is 1. The number of halogens is 2. The lowest BCUT2D eigenvalue weighted by molar-refractivity contribution is -0.144. The van der Waals surface area contributed by atoms with E-state index in [2.05, 4.69) is 0 Å². The maximum atomic E-state index is 11.9. The Morgan fingerprint density at radius 2 is 1.77 bits per heavy atom. The van der Waals surface area contributed by atoms with Gasteiger partial charge >= 0.3 is 11.7 Å². The Morgan fingerprint density at radius 1 is 1.04 bits per heavy atom. The molecule has 0 amide bonds. The predicted octanol–water partition coefficient (Wildman–Crippen LogP) is 3.91. The molecule has 8 heteroatoms. The normalized spacial score (nSPS) is 10.8. The molecule has 3 aromatic rings. The lowest BCUT2D eigenvalue weighted by atomic mass is 10.3. The molecule has 0 aliphatic rings. The monoisotopic (exact) mass is 395 g/mol. The number of hydrogen-bond donors (Lipinski definition) is 0. The van der Waals surface area contributed by atoms with E-state index in [1.54, 1.807) is 42.5 Å². The molecular weight excluding hydrogens is 381 g/mol. The van der Waals surface area contributed by atoms with Crippen LogP contribution >= 0.6 is 23.2 Å². The number of aromatic nitrogens is 1. The molecule has 0 unspecified atom stereocenters. The fourth-order valence-electron chi connectivity index (χ4n) is 2.42. The minimum Gasteiger partial charge on any atom is -0.487 e. The molecule has 0 bridgehead atoms. The van der Waals surface area contributed by atoms with Crippen molar-refractivity contribution in [3.8, 4) is 5.75 Å². The van der Waals surface area contributed by atoms with Crippen molar-refractivity contribution in [2.75, 3.05) is 13.2 Å². The van der Waals surface area contributed by atoms with Gasteiger partial charge in [0.1, 0.15) is 13.2 Å². The van der Waals surface area contributed by atoms with Crippen molar-refractivity contribution in [1.82, 2.24) is 4.57 Å². The lowest BCUT2D eigenvalue weighted by Crippen LogP contribution is -2.19. The maximum absolute atomic E-state index is 11.9. The van der Waals surface area contributed by atoms with Crippen LogP contribution in [0.4, 0.5) is 0 Å². The number of para-hydroxylation sites is 3. The Bertz CT molecular complexity index is 959. The first-order valence-corrected chi connectivity index (χ1v) is 8.62. The molecule has 0 atom stereocenters. The van der Waals surface area contributed by atoms with Crippen molar-refractivity contribution >= 4 is 40.3 Å². The molecule has 1 aromatic heterocycles. The minimum absolute atomic E-state index is 0.0380. The Kier molecular flexibility index (Phi) is 5.85. The van der Waals surface area contributed by atoms with Crippen LogP contribution in [0.25, 0.3) is 11.1 Å². The average Bonchev–Trinajstić information content (AvgIpc) is 2.94. The van der Waals surface area contributed by atoms with Crippen molar-refractivity contribution in [2.45, 2.75) is 13.0 Å². The van der Waals surface area contributed by atoms with Crippen molar-refractivity contribution in [3.63, 3.8) is 0 Å². The summed E-state index contributed by atoms with van der Waals surface area (Å²) >= 11 is 12.0. The molecule has 0 fully saturated rings. The van der Waals surface area contributed by atoms with Crippen LogP contribution < -0.4 is 10.5 Å². The first-order valence-electron chi connectivity index (χ1n) is 7.87. The van der Waals surface area contributed by atoms with Crippen LogP contribution in [-0.2, 0) is 16.1 Å². The smallest absolute Gasteiger partial charge is 0.419 e. The molecule has 136 valence electrons. The third-order valence-electron chi connectivity index (χ3n) is 3.62. The van der Waals surface area contributed by atoms with Crippen molar-refractivity contribution in [2.24, 2.45) is 0 Å². The summed E-state index contributed by atoms with van der Waals surface area (Å²) < 4.78 is 17.0. The van der Waals surface area contributed by atoms with Crippen LogP contribution in [0.3, 0.4) is 0 Å². The number of nitrogens with zero attached hydrogens (tertiary/aromatic N) is 1. The molecule has 1 heterocycles. The van der Waals surface area contributed by atoms with Gasteiger partial charge in [0, 0.05) is 6.54 Å². The van der Waals surface area contributed by atoms with E-state index in [9.17, 15) is 9.59 Å². The second-order valence-corrected chi connectivity index (χ2v) is 6.17. The van der Waals surface area contributed by atoms with Gasteiger partial charge in [0.05, 0.1) is 22.0 Å². The van der Waals surface area contributed by atoms with Gasteiger partial charge in [0.2, 0.25) is 0 Å². The fraction of sp³-hybridized carbons (Fsp3) is 0.222. The molecule has 0 aliphatic heterocycles. The number of ether oxygens (including phenoxy) is 2. The quantitative estimate of drug-likeness (QED) is 0.447. The van der Waals surface area contributed by atoms with Crippen LogP contribution in [0.15, 0.2) is 51.7 Å². The molecule has 0 radical (unpaired) electrons. The maximum Gasteiger partial charge on any atom is 0.419 e. The summed E-state index contributed by atoms with van der Waals surface area (Å²) in [5.74, 6) is -0.602. The number of fused-ring (bicyclic) bond motifs is 1. The average molecular weight is 396 g/mol. The molecular formula is C18H15Cl2NO5. The Morgan fingerprint density at radius 3 is 2.54 bits per heavy atom. The molecule has 0 N–H and O–H groups in total. The molecule has 0 saturated carbocycles. The summed E-state index contributed by atoms with van der Waals surface area (Å²) in [6.07, 6.45) is 0.0380. The summed E-state index contributed by atoms with van der Waals surface area (Å²) in [5, 5.41) is 0.769. The zero-order valence-corrected chi connectivity index (χ0v) is 15.1. The summed E-state index contributed by atoms with van der Waals surface area (Å²) in [7, 11) is 0. The molecule has 26 heavy (non-hydrogen) atoms. The topological polar surface area (TPSA) is 70.7 Å². The fourth-order valence-corrected chi connectivity index (χ4v) is 2.93. The van der Waals surface area contributed by atoms with E-state index < -0.39 is 11.7 Å². The van der Waals surface area contributed by atoms with E-state index in [0.717, 1.165) is 0 Å². The van der Waals surface area contributed by atoms with E-state index in [1.165, 1.54) is 4.57 Å². The number of rotatable bonds is 7. The lowest BCUT2D eigenvalue weighted by Gasteiger charge is -2.10. The van der Waals surface area contributed by atoms with Gasteiger partial charge in [0.25, 0.3) is 0 Å². The third kappa shape index (κ3) is 4.20. The molecule has 0 saturated heterocycles. The number of benzene rings is 2. The first-order chi connectivity index (χ1) is 12.6. The number of oxazole rings is 1. The van der Waals surface area contributed by atoms with E-state index in [4.69, 9.17) is 37.1 Å². The highest BCUT2D eigenvalue weighted by Crippen LogP contribution is 2.32. The molecule has 6 nitrogen and oxygen atoms in total. The highest BCUT2D eigenvalue weighted by molar-refractivity contribution is 6.37. The number of aryl methyl sites for hydroxylation is 1. The zero-order chi connectivity index (χ0) is 18.5. The summed E-state index contributed by atoms with van der Waals surface area (Å²) in [6.45, 7) is 0.330. The second kappa shape index (κ2) is 8.29. The predicted molar refractivity (Wildman–Crippen MR) is 98.0 cm³/mol. The molecule has 0 spiro atoms. The Hall–Kier alpha value is -2.44. The SMILES string of the molecule is O=C(CCn1c(=O)oc2ccccc21)OCCOc1c(Cl)cccc1Cl. The largest absolute Gasteiger partial charge is 0.487 e. The summed E-state index contributed by atoms with van der Waals surface area (Å²) in [5.41, 5.74) is 1.12. The summed E-state index contributed by atoms with van der Waals surface area (Å²) in [6, 6.07) is 12.0. The first kappa shape index (κ1) is 18.4. The van der Waals surface area contributed by atoms with Gasteiger partial charge in [-0.1, -0.05) is 41.4 Å². The van der Waals surface area contributed by atoms with Crippen LogP contribution in [0, 0.1) is 0 Å². The van der Waals surface area contributed by atoms with Crippen LogP contribution in [0.1, 0.15) is 6.42 Å². The van der Waals surface area contributed by atoms with Gasteiger partial charge in [-0.05, 0) is 24.3 Å². The minimum atomic E-state index is -0.504. The van der Waals surface area contributed by atoms with E-state index >= 15 is 0 Å². The van der Waals surface area contributed by atoms with E-state index in [0.29, 0.717) is 26.9 Å². The van der Waals surface area contributed by atoms with Crippen molar-refractivity contribution < 1.29 is 18.7 Å². The third-order valence-corrected chi connectivity index (χ3v) is 4.22. The zero-order valence-electron chi connectivity index (χ0n) is 13.6. The number of esters is 1. The Labute approximate surface area is 158 Å². The van der Waals surface area contributed by atoms with Gasteiger partial charge in [0.15, 0.2) is 11.3 Å². The van der Waals surface area contributed by atoms with E-state index in [1.807, 2.05) is 0 Å². The van der Waals surface area contributed by atoms with Gasteiger partial charge in [-0.15, -0.1) is 0 Å².